The zero-order valence-corrected chi connectivity index (χ0v) is 11.1. The Hall–Kier alpha value is -2.01. The summed E-state index contributed by atoms with van der Waals surface area (Å²) in [5, 5.41) is 2.66. The molecule has 2 aromatic carbocycles. The van der Waals surface area contributed by atoms with Gasteiger partial charge < -0.3 is 11.1 Å². The molecule has 0 radical (unpaired) electrons. The molecule has 0 aliphatic carbocycles. The fourth-order valence-corrected chi connectivity index (χ4v) is 2.07. The fraction of sp³-hybridized carbons (Fsp3) is 0.0714. The van der Waals surface area contributed by atoms with Crippen LogP contribution in [-0.2, 0) is 0 Å². The molecule has 0 aliphatic heterocycles. The molecule has 0 atom stereocenters. The summed E-state index contributed by atoms with van der Waals surface area (Å²) in [5.41, 5.74) is 6.34. The maximum Gasteiger partial charge on any atom is 0.258 e. The third kappa shape index (κ3) is 3.26. The van der Waals surface area contributed by atoms with E-state index in [2.05, 4.69) is 5.32 Å². The minimum atomic E-state index is -0.626. The maximum absolute atomic E-state index is 13.6. The molecule has 2 rings (SSSR count). The predicted octanol–water partition coefficient (Wildman–Crippen LogP) is 3.38. The number of carbonyl (C=O) groups is 1. The lowest BCUT2D eigenvalue weighted by molar-refractivity contribution is 0.102. The van der Waals surface area contributed by atoms with Gasteiger partial charge in [-0.05, 0) is 42.7 Å². The molecule has 0 spiro atoms. The second-order valence-electron chi connectivity index (χ2n) is 3.93. The first-order valence-electron chi connectivity index (χ1n) is 5.60. The summed E-state index contributed by atoms with van der Waals surface area (Å²) in [6.45, 7) is 0. The summed E-state index contributed by atoms with van der Waals surface area (Å²) in [6.07, 6.45) is 1.95. The van der Waals surface area contributed by atoms with E-state index in [1.54, 1.807) is 17.8 Å². The Morgan fingerprint density at radius 3 is 2.74 bits per heavy atom. The van der Waals surface area contributed by atoms with Crippen LogP contribution in [0.15, 0.2) is 47.4 Å². The Kier molecular flexibility index (Phi) is 4.06. The molecule has 5 heteroatoms. The van der Waals surface area contributed by atoms with E-state index in [0.29, 0.717) is 11.4 Å². The predicted molar refractivity (Wildman–Crippen MR) is 77.0 cm³/mol. The number of benzene rings is 2. The highest BCUT2D eigenvalue weighted by Crippen LogP contribution is 2.20. The van der Waals surface area contributed by atoms with Crippen LogP contribution >= 0.6 is 11.8 Å². The lowest BCUT2D eigenvalue weighted by atomic mass is 10.1. The summed E-state index contributed by atoms with van der Waals surface area (Å²) >= 11 is 1.57. The van der Waals surface area contributed by atoms with Crippen LogP contribution in [0.1, 0.15) is 10.4 Å². The van der Waals surface area contributed by atoms with Crippen LogP contribution in [0.2, 0.25) is 0 Å². The number of nitrogens with one attached hydrogen (secondary N) is 1. The van der Waals surface area contributed by atoms with E-state index in [1.807, 2.05) is 24.5 Å². The van der Waals surface area contributed by atoms with Crippen molar-refractivity contribution in [2.75, 3.05) is 17.3 Å². The zero-order chi connectivity index (χ0) is 13.8. The Morgan fingerprint density at radius 1 is 1.26 bits per heavy atom. The monoisotopic (exact) mass is 276 g/mol. The van der Waals surface area contributed by atoms with Gasteiger partial charge in [0.15, 0.2) is 0 Å². The molecular weight excluding hydrogens is 263 g/mol. The van der Waals surface area contributed by atoms with Gasteiger partial charge in [0.25, 0.3) is 5.91 Å². The third-order valence-electron chi connectivity index (χ3n) is 2.57. The van der Waals surface area contributed by atoms with Gasteiger partial charge in [-0.1, -0.05) is 6.07 Å². The third-order valence-corrected chi connectivity index (χ3v) is 3.29. The van der Waals surface area contributed by atoms with Gasteiger partial charge in [-0.15, -0.1) is 11.8 Å². The second kappa shape index (κ2) is 5.75. The first-order chi connectivity index (χ1) is 9.10. The second-order valence-corrected chi connectivity index (χ2v) is 4.81. The average molecular weight is 276 g/mol. The molecule has 19 heavy (non-hydrogen) atoms. The van der Waals surface area contributed by atoms with Gasteiger partial charge in [0.1, 0.15) is 5.82 Å². The van der Waals surface area contributed by atoms with E-state index in [1.165, 1.54) is 12.1 Å². The Balaban J connectivity index is 2.20. The van der Waals surface area contributed by atoms with Gasteiger partial charge in [-0.3, -0.25) is 4.79 Å². The van der Waals surface area contributed by atoms with Crippen molar-refractivity contribution in [3.63, 3.8) is 0 Å². The van der Waals surface area contributed by atoms with Crippen molar-refractivity contribution < 1.29 is 9.18 Å². The normalized spacial score (nSPS) is 10.2. The number of amides is 1. The minimum absolute atomic E-state index is 0.0243. The van der Waals surface area contributed by atoms with Crippen molar-refractivity contribution in [3.05, 3.63) is 53.8 Å². The first kappa shape index (κ1) is 13.4. The van der Waals surface area contributed by atoms with Crippen LogP contribution in [-0.4, -0.2) is 12.2 Å². The van der Waals surface area contributed by atoms with Gasteiger partial charge in [-0.25, -0.2) is 4.39 Å². The molecule has 0 bridgehead atoms. The molecule has 1 amide bonds. The Labute approximate surface area is 115 Å². The molecule has 0 heterocycles. The average Bonchev–Trinajstić information content (AvgIpc) is 2.38. The molecule has 3 N–H and O–H groups in total. The summed E-state index contributed by atoms with van der Waals surface area (Å²) in [4.78, 5) is 13.0. The molecule has 0 saturated heterocycles. The highest BCUT2D eigenvalue weighted by Gasteiger charge is 2.12. The summed E-state index contributed by atoms with van der Waals surface area (Å²) < 4.78 is 13.6. The van der Waals surface area contributed by atoms with Crippen LogP contribution in [0, 0.1) is 5.82 Å². The molecule has 0 unspecified atom stereocenters. The van der Waals surface area contributed by atoms with Crippen molar-refractivity contribution in [1.82, 2.24) is 0 Å². The largest absolute Gasteiger partial charge is 0.399 e. The van der Waals surface area contributed by atoms with Gasteiger partial charge in [0, 0.05) is 16.3 Å². The Morgan fingerprint density at radius 2 is 2.05 bits per heavy atom. The molecule has 0 fully saturated rings. The van der Waals surface area contributed by atoms with E-state index in [9.17, 15) is 9.18 Å². The fourth-order valence-electron chi connectivity index (χ4n) is 1.61. The van der Waals surface area contributed by atoms with Crippen molar-refractivity contribution >= 4 is 29.0 Å². The number of hydrogen-bond acceptors (Lipinski definition) is 3. The quantitative estimate of drug-likeness (QED) is 0.667. The summed E-state index contributed by atoms with van der Waals surface area (Å²) in [7, 11) is 0. The van der Waals surface area contributed by atoms with Crippen molar-refractivity contribution in [2.45, 2.75) is 4.90 Å². The Bertz CT molecular complexity index is 616. The number of rotatable bonds is 3. The van der Waals surface area contributed by atoms with E-state index in [4.69, 9.17) is 5.73 Å². The van der Waals surface area contributed by atoms with Crippen LogP contribution in [0.4, 0.5) is 15.8 Å². The smallest absolute Gasteiger partial charge is 0.258 e. The van der Waals surface area contributed by atoms with Gasteiger partial charge >= 0.3 is 0 Å². The number of anilines is 2. The molecule has 98 valence electrons. The minimum Gasteiger partial charge on any atom is -0.399 e. The molecule has 0 aromatic heterocycles. The van der Waals surface area contributed by atoms with Crippen LogP contribution in [0.3, 0.4) is 0 Å². The molecule has 0 aliphatic rings. The van der Waals surface area contributed by atoms with E-state index in [-0.39, 0.29) is 5.56 Å². The van der Waals surface area contributed by atoms with Gasteiger partial charge in [-0.2, -0.15) is 0 Å². The van der Waals surface area contributed by atoms with Gasteiger partial charge in [0.2, 0.25) is 0 Å². The SMILES string of the molecule is CSc1cccc(NC(=O)c2ccc(N)cc2F)c1. The van der Waals surface area contributed by atoms with Crippen LogP contribution in [0.5, 0.6) is 0 Å². The van der Waals surface area contributed by atoms with E-state index < -0.39 is 11.7 Å². The van der Waals surface area contributed by atoms with E-state index >= 15 is 0 Å². The van der Waals surface area contributed by atoms with Crippen molar-refractivity contribution in [1.29, 1.82) is 0 Å². The zero-order valence-electron chi connectivity index (χ0n) is 10.3. The number of hydrogen-bond donors (Lipinski definition) is 2. The van der Waals surface area contributed by atoms with Crippen LogP contribution in [0.25, 0.3) is 0 Å². The lowest BCUT2D eigenvalue weighted by Crippen LogP contribution is -2.13. The number of thioether (sulfide) groups is 1. The molecule has 2 aromatic rings. The number of nitrogens with two attached hydrogens (primary N) is 1. The molecular formula is C14H13FN2OS. The first-order valence-corrected chi connectivity index (χ1v) is 6.83. The van der Waals surface area contributed by atoms with Crippen LogP contribution < -0.4 is 11.1 Å². The van der Waals surface area contributed by atoms with E-state index in [0.717, 1.165) is 11.0 Å². The molecule has 0 saturated carbocycles. The summed E-state index contributed by atoms with van der Waals surface area (Å²) in [5.74, 6) is -1.12. The topological polar surface area (TPSA) is 55.1 Å². The number of carbonyl (C=O) groups excluding carboxylic acids is 1. The van der Waals surface area contributed by atoms with Gasteiger partial charge in [0.05, 0.1) is 5.56 Å². The van der Waals surface area contributed by atoms with Crippen molar-refractivity contribution in [2.24, 2.45) is 0 Å². The van der Waals surface area contributed by atoms with Crippen molar-refractivity contribution in [3.8, 4) is 0 Å². The highest BCUT2D eigenvalue weighted by atomic mass is 32.2. The lowest BCUT2D eigenvalue weighted by Gasteiger charge is -2.07. The standard InChI is InChI=1S/C14H13FN2OS/c1-19-11-4-2-3-10(8-11)17-14(18)12-6-5-9(16)7-13(12)15/h2-8H,16H2,1H3,(H,17,18). The number of halogens is 1. The highest BCUT2D eigenvalue weighted by molar-refractivity contribution is 7.98. The summed E-state index contributed by atoms with van der Waals surface area (Å²) in [6, 6.07) is 11.4. The molecule has 3 nitrogen and oxygen atoms in total. The maximum atomic E-state index is 13.6. The number of nitrogen functional groups attached to an aromatic ring is 1.